The lowest BCUT2D eigenvalue weighted by atomic mass is 10.0. The molecular formula is C18H20O3. The molecule has 0 aliphatic carbocycles. The average molecular weight is 284 g/mol. The predicted molar refractivity (Wildman–Crippen MR) is 82.2 cm³/mol. The van der Waals surface area contributed by atoms with Crippen LogP contribution in [0.4, 0.5) is 0 Å². The molecule has 0 bridgehead atoms. The van der Waals surface area contributed by atoms with Crippen LogP contribution < -0.4 is 0 Å². The summed E-state index contributed by atoms with van der Waals surface area (Å²) >= 11 is 0. The van der Waals surface area contributed by atoms with Crippen LogP contribution in [0.2, 0.25) is 0 Å². The molecule has 0 saturated carbocycles. The van der Waals surface area contributed by atoms with Crippen LogP contribution in [-0.4, -0.2) is 17.4 Å². The molecule has 0 aromatic heterocycles. The van der Waals surface area contributed by atoms with Gasteiger partial charge in [-0.05, 0) is 24.1 Å². The summed E-state index contributed by atoms with van der Waals surface area (Å²) in [6.07, 6.45) is 5.99. The van der Waals surface area contributed by atoms with Gasteiger partial charge in [0.15, 0.2) is 0 Å². The molecule has 1 atom stereocenters. The van der Waals surface area contributed by atoms with Crippen molar-refractivity contribution < 1.29 is 14.6 Å². The first-order valence-corrected chi connectivity index (χ1v) is 7.40. The summed E-state index contributed by atoms with van der Waals surface area (Å²) in [6.45, 7) is 2.20. The SMILES string of the molecule is CCCCCCC#Cc1ccc(C2=CC(=O)OC2O)cc1. The van der Waals surface area contributed by atoms with Gasteiger partial charge < -0.3 is 9.84 Å². The second-order valence-electron chi connectivity index (χ2n) is 5.08. The number of hydrogen-bond acceptors (Lipinski definition) is 3. The first-order chi connectivity index (χ1) is 10.2. The van der Waals surface area contributed by atoms with E-state index >= 15 is 0 Å². The van der Waals surface area contributed by atoms with Crippen molar-refractivity contribution in [2.75, 3.05) is 0 Å². The minimum Gasteiger partial charge on any atom is -0.428 e. The van der Waals surface area contributed by atoms with E-state index in [1.807, 2.05) is 24.3 Å². The lowest BCUT2D eigenvalue weighted by Gasteiger charge is -2.07. The third kappa shape index (κ3) is 4.47. The second kappa shape index (κ2) is 7.66. The summed E-state index contributed by atoms with van der Waals surface area (Å²) in [5.41, 5.74) is 2.22. The van der Waals surface area contributed by atoms with E-state index in [9.17, 15) is 9.90 Å². The number of unbranched alkanes of at least 4 members (excludes halogenated alkanes) is 4. The van der Waals surface area contributed by atoms with Crippen molar-refractivity contribution in [3.63, 3.8) is 0 Å². The van der Waals surface area contributed by atoms with E-state index in [2.05, 4.69) is 23.5 Å². The Kier molecular flexibility index (Phi) is 5.59. The van der Waals surface area contributed by atoms with E-state index < -0.39 is 12.3 Å². The van der Waals surface area contributed by atoms with Gasteiger partial charge in [0.1, 0.15) is 0 Å². The maximum atomic E-state index is 11.1. The van der Waals surface area contributed by atoms with E-state index in [4.69, 9.17) is 0 Å². The summed E-state index contributed by atoms with van der Waals surface area (Å²) in [7, 11) is 0. The molecule has 3 heteroatoms. The Hall–Kier alpha value is -2.05. The fraction of sp³-hybridized carbons (Fsp3) is 0.389. The molecule has 21 heavy (non-hydrogen) atoms. The standard InChI is InChI=1S/C18H20O3/c1-2-3-4-5-6-7-8-14-9-11-15(12-10-14)16-13-17(19)21-18(16)20/h9-13,18,20H,2-6H2,1H3. The van der Waals surface area contributed by atoms with Crippen LogP contribution in [0.1, 0.15) is 50.2 Å². The molecule has 3 nitrogen and oxygen atoms in total. The van der Waals surface area contributed by atoms with E-state index in [-0.39, 0.29) is 0 Å². The van der Waals surface area contributed by atoms with Gasteiger partial charge in [-0.15, -0.1) is 0 Å². The van der Waals surface area contributed by atoms with Crippen molar-refractivity contribution in [2.24, 2.45) is 0 Å². The Morgan fingerprint density at radius 3 is 2.57 bits per heavy atom. The first-order valence-electron chi connectivity index (χ1n) is 7.40. The second-order valence-corrected chi connectivity index (χ2v) is 5.08. The highest BCUT2D eigenvalue weighted by Gasteiger charge is 2.24. The van der Waals surface area contributed by atoms with E-state index in [0.29, 0.717) is 5.57 Å². The lowest BCUT2D eigenvalue weighted by Crippen LogP contribution is -2.09. The minimum atomic E-state index is -1.16. The maximum Gasteiger partial charge on any atom is 0.333 e. The number of benzene rings is 1. The van der Waals surface area contributed by atoms with Gasteiger partial charge in [-0.3, -0.25) is 0 Å². The number of rotatable bonds is 5. The molecule has 0 fully saturated rings. The fourth-order valence-corrected chi connectivity index (χ4v) is 2.18. The van der Waals surface area contributed by atoms with Crippen molar-refractivity contribution in [3.05, 3.63) is 41.5 Å². The Balaban J connectivity index is 1.92. The zero-order valence-electron chi connectivity index (χ0n) is 12.3. The van der Waals surface area contributed by atoms with Gasteiger partial charge in [0.2, 0.25) is 6.29 Å². The molecule has 0 spiro atoms. The molecule has 1 unspecified atom stereocenters. The monoisotopic (exact) mass is 284 g/mol. The smallest absolute Gasteiger partial charge is 0.333 e. The van der Waals surface area contributed by atoms with Gasteiger partial charge in [0, 0.05) is 23.6 Å². The molecule has 1 heterocycles. The normalized spacial score (nSPS) is 17.0. The molecule has 1 aromatic carbocycles. The zero-order chi connectivity index (χ0) is 15.1. The number of ether oxygens (including phenoxy) is 1. The third-order valence-electron chi connectivity index (χ3n) is 3.37. The lowest BCUT2D eigenvalue weighted by molar-refractivity contribution is -0.149. The molecule has 0 saturated heterocycles. The van der Waals surface area contributed by atoms with Crippen molar-refractivity contribution >= 4 is 11.5 Å². The first kappa shape index (κ1) is 15.3. The molecular weight excluding hydrogens is 264 g/mol. The highest BCUT2D eigenvalue weighted by molar-refractivity contribution is 5.96. The van der Waals surface area contributed by atoms with Crippen molar-refractivity contribution in [1.29, 1.82) is 0 Å². The number of esters is 1. The summed E-state index contributed by atoms with van der Waals surface area (Å²) in [4.78, 5) is 11.1. The topological polar surface area (TPSA) is 46.5 Å². The number of carbonyl (C=O) groups is 1. The van der Waals surface area contributed by atoms with Crippen LogP contribution in [0.15, 0.2) is 30.3 Å². The van der Waals surface area contributed by atoms with Gasteiger partial charge in [0.25, 0.3) is 0 Å². The average Bonchev–Trinajstić information content (AvgIpc) is 2.82. The summed E-state index contributed by atoms with van der Waals surface area (Å²) < 4.78 is 4.67. The fourth-order valence-electron chi connectivity index (χ4n) is 2.18. The van der Waals surface area contributed by atoms with Gasteiger partial charge in [0.05, 0.1) is 0 Å². The van der Waals surface area contributed by atoms with Gasteiger partial charge in [-0.1, -0.05) is 50.2 Å². The molecule has 0 radical (unpaired) electrons. The Morgan fingerprint density at radius 1 is 1.19 bits per heavy atom. The van der Waals surface area contributed by atoms with Gasteiger partial charge in [-0.2, -0.15) is 0 Å². The Labute approximate surface area is 125 Å². The van der Waals surface area contributed by atoms with Gasteiger partial charge in [-0.25, -0.2) is 4.79 Å². The van der Waals surface area contributed by atoms with E-state index in [0.717, 1.165) is 24.0 Å². The van der Waals surface area contributed by atoms with E-state index in [1.165, 1.54) is 25.3 Å². The third-order valence-corrected chi connectivity index (χ3v) is 3.37. The number of cyclic esters (lactones) is 1. The predicted octanol–water partition coefficient (Wildman–Crippen LogP) is 3.27. The molecule has 1 aliphatic rings. The Morgan fingerprint density at radius 2 is 1.95 bits per heavy atom. The van der Waals surface area contributed by atoms with Crippen LogP contribution in [-0.2, 0) is 9.53 Å². The summed E-state index contributed by atoms with van der Waals surface area (Å²) in [5.74, 6) is 5.80. The highest BCUT2D eigenvalue weighted by Crippen LogP contribution is 2.24. The number of carbonyl (C=O) groups excluding carboxylic acids is 1. The summed E-state index contributed by atoms with van der Waals surface area (Å²) in [6, 6.07) is 7.48. The zero-order valence-corrected chi connectivity index (χ0v) is 12.3. The number of aliphatic hydroxyl groups excluding tert-OH is 1. The molecule has 1 aliphatic heterocycles. The van der Waals surface area contributed by atoms with Crippen LogP contribution in [0.5, 0.6) is 0 Å². The molecule has 0 amide bonds. The van der Waals surface area contributed by atoms with Gasteiger partial charge >= 0.3 is 5.97 Å². The largest absolute Gasteiger partial charge is 0.428 e. The van der Waals surface area contributed by atoms with Crippen LogP contribution in [0.3, 0.4) is 0 Å². The van der Waals surface area contributed by atoms with Crippen molar-refractivity contribution in [2.45, 2.75) is 45.3 Å². The molecule has 2 rings (SSSR count). The molecule has 1 N–H and O–H groups in total. The molecule has 1 aromatic rings. The minimum absolute atomic E-state index is 0.499. The highest BCUT2D eigenvalue weighted by atomic mass is 16.6. The summed E-state index contributed by atoms with van der Waals surface area (Å²) in [5, 5.41) is 9.59. The van der Waals surface area contributed by atoms with Crippen molar-refractivity contribution in [1.82, 2.24) is 0 Å². The molecule has 110 valence electrons. The van der Waals surface area contributed by atoms with E-state index in [1.54, 1.807) is 0 Å². The van der Waals surface area contributed by atoms with Crippen LogP contribution >= 0.6 is 0 Å². The van der Waals surface area contributed by atoms with Crippen LogP contribution in [0.25, 0.3) is 5.57 Å². The number of hydrogen-bond donors (Lipinski definition) is 1. The Bertz CT molecular complexity index is 573. The quantitative estimate of drug-likeness (QED) is 0.513. The maximum absolute atomic E-state index is 11.1. The van der Waals surface area contributed by atoms with Crippen molar-refractivity contribution in [3.8, 4) is 11.8 Å². The number of aliphatic hydroxyl groups is 1. The van der Waals surface area contributed by atoms with Crippen LogP contribution in [0, 0.1) is 11.8 Å².